The van der Waals surface area contributed by atoms with Gasteiger partial charge in [0.05, 0.1) is 31.6 Å². The van der Waals surface area contributed by atoms with Crippen LogP contribution in [-0.2, 0) is 42.5 Å². The lowest BCUT2D eigenvalue weighted by atomic mass is 9.91. The van der Waals surface area contributed by atoms with Crippen molar-refractivity contribution in [1.82, 2.24) is 15.1 Å². The van der Waals surface area contributed by atoms with Crippen LogP contribution in [0.25, 0.3) is 0 Å². The number of hydrogen-bond acceptors (Lipinski definition) is 11. The van der Waals surface area contributed by atoms with Crippen LogP contribution in [0.5, 0.6) is 0 Å². The Bertz CT molecular complexity index is 1460. The summed E-state index contributed by atoms with van der Waals surface area (Å²) in [5, 5.41) is 13.7. The highest BCUT2D eigenvalue weighted by molar-refractivity contribution is 7.46. The fraction of sp³-hybridized carbons (Fsp3) is 0.930. The first kappa shape index (κ1) is 67.0. The van der Waals surface area contributed by atoms with Crippen LogP contribution in [0.2, 0.25) is 0 Å². The minimum Gasteiger partial charge on any atom is -0.463 e. The molecule has 2 aliphatic rings. The van der Waals surface area contributed by atoms with Crippen LogP contribution in [0.15, 0.2) is 0 Å². The van der Waals surface area contributed by atoms with Crippen LogP contribution < -0.4 is 5.32 Å². The number of amides is 2. The van der Waals surface area contributed by atoms with Gasteiger partial charge in [0.15, 0.2) is 6.10 Å². The Labute approximate surface area is 443 Å². The van der Waals surface area contributed by atoms with Gasteiger partial charge in [0.1, 0.15) is 18.8 Å². The van der Waals surface area contributed by atoms with E-state index >= 15 is 0 Å². The third kappa shape index (κ3) is 35.0. The number of phosphoric acid groups is 1. The zero-order chi connectivity index (χ0) is 53.4. The number of piperazine rings is 1. The number of nitrogens with one attached hydrogen (secondary N) is 1. The third-order valence-electron chi connectivity index (χ3n) is 15.0. The van der Waals surface area contributed by atoms with Gasteiger partial charge in [0.2, 0.25) is 11.8 Å². The van der Waals surface area contributed by atoms with E-state index in [2.05, 4.69) is 31.0 Å². The fourth-order valence-corrected chi connectivity index (χ4v) is 10.9. The molecule has 2 saturated heterocycles. The monoisotopic (exact) mass is 1060 g/mol. The Balaban J connectivity index is 2.16. The van der Waals surface area contributed by atoms with Crippen molar-refractivity contribution < 1.29 is 57.4 Å². The second kappa shape index (κ2) is 42.9. The maximum atomic E-state index is 14.2. The van der Waals surface area contributed by atoms with Crippen LogP contribution in [0.3, 0.4) is 0 Å². The highest BCUT2D eigenvalue weighted by atomic mass is 31.2. The van der Waals surface area contributed by atoms with Gasteiger partial charge >= 0.3 is 19.8 Å². The van der Waals surface area contributed by atoms with E-state index in [4.69, 9.17) is 18.7 Å². The van der Waals surface area contributed by atoms with E-state index < -0.39 is 62.7 Å². The van der Waals surface area contributed by atoms with Gasteiger partial charge in [0, 0.05) is 39.0 Å². The quantitative estimate of drug-likeness (QED) is 0.0255. The SMILES string of the molecule is CCCCCCCCCCCCCCC(CCCCCCCCCCC)CC(=O)O[C@H]1[C@H](OP(=O)(O)O)[C@@H](COC(=O)CCC(=O)N2CCN(C)CC2)OC[C@@H]1NC(=O)C[C@H](O)CCCCCCCCCCC. The van der Waals surface area contributed by atoms with Gasteiger partial charge in [-0.05, 0) is 32.2 Å². The predicted octanol–water partition coefficient (Wildman–Crippen LogP) is 12.0. The molecular weight excluding hydrogens is 950 g/mol. The van der Waals surface area contributed by atoms with E-state index in [9.17, 15) is 38.6 Å². The minimum atomic E-state index is -5.27. The van der Waals surface area contributed by atoms with E-state index in [1.54, 1.807) is 4.90 Å². The molecule has 2 fully saturated rings. The number of hydrogen-bond donors (Lipinski definition) is 4. The molecule has 15 nitrogen and oxygen atoms in total. The maximum absolute atomic E-state index is 14.2. The Hall–Kier alpha value is -2.13. The summed E-state index contributed by atoms with van der Waals surface area (Å²) in [6, 6.07) is -1.09. The molecule has 2 heterocycles. The van der Waals surface area contributed by atoms with Crippen molar-refractivity contribution >= 4 is 31.6 Å². The Morgan fingerprint density at radius 2 is 1.03 bits per heavy atom. The summed E-state index contributed by atoms with van der Waals surface area (Å²) in [5.41, 5.74) is 0. The normalized spacial score (nSPS) is 19.4. The first-order valence-electron chi connectivity index (χ1n) is 29.9. The fourth-order valence-electron chi connectivity index (χ4n) is 10.3. The molecule has 0 saturated carbocycles. The number of likely N-dealkylation sites (N-methyl/N-ethyl adjacent to an activating group) is 1. The number of phosphoric ester groups is 1. The van der Waals surface area contributed by atoms with Crippen molar-refractivity contribution in [2.45, 2.75) is 289 Å². The molecule has 2 aliphatic heterocycles. The van der Waals surface area contributed by atoms with E-state index in [1.807, 2.05) is 7.05 Å². The Morgan fingerprint density at radius 1 is 0.589 bits per heavy atom. The average molecular weight is 1060 g/mol. The molecule has 0 radical (unpaired) electrons. The summed E-state index contributed by atoms with van der Waals surface area (Å²) in [5.74, 6) is -1.94. The number of esters is 2. The van der Waals surface area contributed by atoms with Crippen molar-refractivity contribution in [1.29, 1.82) is 0 Å². The van der Waals surface area contributed by atoms with E-state index in [0.29, 0.717) is 19.5 Å². The zero-order valence-electron chi connectivity index (χ0n) is 46.7. The van der Waals surface area contributed by atoms with Crippen molar-refractivity contribution in [2.75, 3.05) is 46.4 Å². The summed E-state index contributed by atoms with van der Waals surface area (Å²) in [6.07, 6.45) is 32.2. The number of nitrogens with zero attached hydrogens (tertiary/aromatic N) is 2. The number of carbonyl (C=O) groups excluding carboxylic acids is 4. The summed E-state index contributed by atoms with van der Waals surface area (Å²) < 4.78 is 35.6. The molecular formula is C57H108N3O12P. The van der Waals surface area contributed by atoms with E-state index in [-0.39, 0.29) is 44.1 Å². The minimum absolute atomic E-state index is 0.0377. The van der Waals surface area contributed by atoms with Crippen molar-refractivity contribution in [3.05, 3.63) is 0 Å². The Kier molecular flexibility index (Phi) is 39.4. The smallest absolute Gasteiger partial charge is 0.463 e. The van der Waals surface area contributed by atoms with Crippen molar-refractivity contribution in [3.8, 4) is 0 Å². The lowest BCUT2D eigenvalue weighted by molar-refractivity contribution is -0.193. The van der Waals surface area contributed by atoms with E-state index in [1.165, 1.54) is 128 Å². The molecule has 16 heteroatoms. The number of carbonyl (C=O) groups is 4. The molecule has 73 heavy (non-hydrogen) atoms. The maximum Gasteiger partial charge on any atom is 0.470 e. The Morgan fingerprint density at radius 3 is 1.48 bits per heavy atom. The molecule has 0 aromatic rings. The summed E-state index contributed by atoms with van der Waals surface area (Å²) in [7, 11) is -3.29. The highest BCUT2D eigenvalue weighted by Gasteiger charge is 2.48. The number of ether oxygens (including phenoxy) is 3. The van der Waals surface area contributed by atoms with Crippen LogP contribution >= 0.6 is 7.82 Å². The van der Waals surface area contributed by atoms with E-state index in [0.717, 1.165) is 90.1 Å². The largest absolute Gasteiger partial charge is 0.470 e. The van der Waals surface area contributed by atoms with Crippen molar-refractivity contribution in [2.24, 2.45) is 5.92 Å². The topological polar surface area (TPSA) is 201 Å². The van der Waals surface area contributed by atoms with Crippen LogP contribution in [-0.4, -0.2) is 125 Å². The lowest BCUT2D eigenvalue weighted by Crippen LogP contribution is -2.62. The van der Waals surface area contributed by atoms with Gasteiger partial charge in [-0.1, -0.05) is 213 Å². The summed E-state index contributed by atoms with van der Waals surface area (Å²) >= 11 is 0. The third-order valence-corrected chi connectivity index (χ3v) is 15.5. The molecule has 2 amide bonds. The molecule has 0 aromatic carbocycles. The lowest BCUT2D eigenvalue weighted by Gasteiger charge is -2.41. The number of aliphatic hydroxyl groups excluding tert-OH is 1. The number of rotatable bonds is 46. The van der Waals surface area contributed by atoms with Gasteiger partial charge in [-0.25, -0.2) is 4.57 Å². The highest BCUT2D eigenvalue weighted by Crippen LogP contribution is 2.41. The molecule has 1 unspecified atom stereocenters. The molecule has 0 aliphatic carbocycles. The van der Waals surface area contributed by atoms with Gasteiger partial charge in [0.25, 0.3) is 0 Å². The van der Waals surface area contributed by atoms with Crippen molar-refractivity contribution in [3.63, 3.8) is 0 Å². The molecule has 0 aromatic heterocycles. The average Bonchev–Trinajstić information content (AvgIpc) is 3.35. The molecule has 428 valence electrons. The van der Waals surface area contributed by atoms with Gasteiger partial charge in [-0.2, -0.15) is 0 Å². The molecule has 4 N–H and O–H groups in total. The van der Waals surface area contributed by atoms with Gasteiger partial charge in [-0.15, -0.1) is 0 Å². The summed E-state index contributed by atoms with van der Waals surface area (Å²) in [6.45, 7) is 8.54. The van der Waals surface area contributed by atoms with Crippen LogP contribution in [0.1, 0.15) is 258 Å². The second-order valence-electron chi connectivity index (χ2n) is 21.8. The number of aliphatic hydroxyl groups is 1. The molecule has 2 rings (SSSR count). The predicted molar refractivity (Wildman–Crippen MR) is 291 cm³/mol. The van der Waals surface area contributed by atoms with Crippen LogP contribution in [0, 0.1) is 5.92 Å². The first-order valence-corrected chi connectivity index (χ1v) is 31.4. The first-order chi connectivity index (χ1) is 35.3. The molecule has 6 atom stereocenters. The van der Waals surface area contributed by atoms with Gasteiger partial charge in [-0.3, -0.25) is 23.7 Å². The standard InChI is InChI=1S/C57H108N3O12P/c1-5-8-11-14-17-20-21-22-25-27-30-33-36-48(35-32-29-26-23-18-15-12-9-6-2)44-55(65)71-56-50(58-52(62)45-49(61)37-34-31-28-24-19-16-13-10-7-3)46-69-51(57(56)72-73(66,67)68)47-70-54(64)39-38-53(63)60-42-40-59(4)41-43-60/h48-51,56-57,61H,5-47H2,1-4H3,(H,58,62)(H2,66,67,68)/t48?,49-,50+,51-,56-,57-/m1/s1. The summed E-state index contributed by atoms with van der Waals surface area (Å²) in [4.78, 5) is 77.7. The van der Waals surface area contributed by atoms with Crippen LogP contribution in [0.4, 0.5) is 0 Å². The molecule has 0 bridgehead atoms. The second-order valence-corrected chi connectivity index (χ2v) is 23.0. The number of unbranched alkanes of at least 4 members (excludes halogenated alkanes) is 27. The molecule has 0 spiro atoms. The van der Waals surface area contributed by atoms with Gasteiger partial charge < -0.3 is 44.2 Å². The zero-order valence-corrected chi connectivity index (χ0v) is 47.6.